The highest BCUT2D eigenvalue weighted by Gasteiger charge is 2.29. The van der Waals surface area contributed by atoms with Crippen LogP contribution in [-0.2, 0) is 4.74 Å². The topological polar surface area (TPSA) is 49.7 Å². The molecule has 0 heterocycles. The van der Waals surface area contributed by atoms with Gasteiger partial charge in [0.2, 0.25) is 0 Å². The smallest absolute Gasteiger partial charge is 0.165 e. The van der Waals surface area contributed by atoms with E-state index in [9.17, 15) is 5.11 Å². The van der Waals surface area contributed by atoms with Gasteiger partial charge in [-0.2, -0.15) is 0 Å². The van der Waals surface area contributed by atoms with Gasteiger partial charge in [0, 0.05) is 19.4 Å². The van der Waals surface area contributed by atoms with Crippen LogP contribution in [0.5, 0.6) is 0 Å². The zero-order chi connectivity index (χ0) is 9.57. The maximum Gasteiger partial charge on any atom is 0.165 e. The van der Waals surface area contributed by atoms with Crippen molar-refractivity contribution in [2.24, 2.45) is 0 Å². The van der Waals surface area contributed by atoms with E-state index in [1.165, 1.54) is 6.42 Å². The van der Waals surface area contributed by atoms with Gasteiger partial charge in [-0.15, -0.1) is 0 Å². The maximum atomic E-state index is 9.89. The molecule has 0 saturated heterocycles. The fraction of sp³-hybridized carbons (Fsp3) is 1.00. The molecule has 1 aliphatic carbocycles. The van der Waals surface area contributed by atoms with Crippen molar-refractivity contribution in [2.45, 2.75) is 50.7 Å². The van der Waals surface area contributed by atoms with E-state index in [4.69, 9.17) is 9.84 Å². The Morgan fingerprint density at radius 3 is 2.38 bits per heavy atom. The summed E-state index contributed by atoms with van der Waals surface area (Å²) in [4.78, 5) is 0. The van der Waals surface area contributed by atoms with Gasteiger partial charge in [0.1, 0.15) is 0 Å². The number of aliphatic hydroxyl groups is 2. The van der Waals surface area contributed by atoms with Gasteiger partial charge in [0.15, 0.2) is 5.79 Å². The molecule has 0 amide bonds. The quantitative estimate of drug-likeness (QED) is 0.507. The Balaban J connectivity index is 2.10. The summed E-state index contributed by atoms with van der Waals surface area (Å²) < 4.78 is 5.42. The van der Waals surface area contributed by atoms with Crippen molar-refractivity contribution >= 4 is 0 Å². The molecule has 0 atom stereocenters. The molecule has 3 heteroatoms. The van der Waals surface area contributed by atoms with Gasteiger partial charge in [-0.05, 0) is 25.7 Å². The molecule has 3 nitrogen and oxygen atoms in total. The van der Waals surface area contributed by atoms with Crippen LogP contribution in [0.25, 0.3) is 0 Å². The molecule has 0 aliphatic heterocycles. The minimum Gasteiger partial charge on any atom is -0.396 e. The summed E-state index contributed by atoms with van der Waals surface area (Å²) in [6, 6.07) is 0. The Kier molecular flexibility index (Phi) is 4.70. The third-order valence-corrected chi connectivity index (χ3v) is 2.56. The third-order valence-electron chi connectivity index (χ3n) is 2.56. The van der Waals surface area contributed by atoms with Crippen LogP contribution >= 0.6 is 0 Å². The largest absolute Gasteiger partial charge is 0.396 e. The SMILES string of the molecule is OCCCCOC1(O)CCCCC1. The summed E-state index contributed by atoms with van der Waals surface area (Å²) in [5, 5.41) is 18.4. The normalized spacial score (nSPS) is 21.7. The molecule has 0 unspecified atom stereocenters. The van der Waals surface area contributed by atoms with Crippen LogP contribution in [0.15, 0.2) is 0 Å². The molecule has 2 N–H and O–H groups in total. The number of rotatable bonds is 5. The van der Waals surface area contributed by atoms with Crippen LogP contribution in [0, 0.1) is 0 Å². The van der Waals surface area contributed by atoms with Crippen molar-refractivity contribution in [2.75, 3.05) is 13.2 Å². The fourth-order valence-corrected chi connectivity index (χ4v) is 1.72. The van der Waals surface area contributed by atoms with Crippen molar-refractivity contribution in [1.82, 2.24) is 0 Å². The molecule has 1 rings (SSSR count). The number of hydrogen-bond donors (Lipinski definition) is 2. The van der Waals surface area contributed by atoms with Gasteiger partial charge in [-0.25, -0.2) is 0 Å². The molecule has 0 aromatic heterocycles. The highest BCUT2D eigenvalue weighted by molar-refractivity contribution is 4.72. The van der Waals surface area contributed by atoms with Gasteiger partial charge in [0.25, 0.3) is 0 Å². The van der Waals surface area contributed by atoms with Crippen molar-refractivity contribution in [3.8, 4) is 0 Å². The third kappa shape index (κ3) is 4.07. The zero-order valence-electron chi connectivity index (χ0n) is 8.17. The molecule has 0 bridgehead atoms. The molecule has 0 aromatic carbocycles. The zero-order valence-corrected chi connectivity index (χ0v) is 8.17. The Morgan fingerprint density at radius 2 is 1.77 bits per heavy atom. The average Bonchev–Trinajstić information content (AvgIpc) is 2.14. The maximum absolute atomic E-state index is 9.89. The Hall–Kier alpha value is -0.120. The lowest BCUT2D eigenvalue weighted by atomic mass is 9.94. The van der Waals surface area contributed by atoms with Gasteiger partial charge >= 0.3 is 0 Å². The van der Waals surface area contributed by atoms with Crippen LogP contribution in [0.3, 0.4) is 0 Å². The van der Waals surface area contributed by atoms with Crippen molar-refractivity contribution in [3.63, 3.8) is 0 Å². The van der Waals surface area contributed by atoms with E-state index in [1.807, 2.05) is 0 Å². The Bertz CT molecular complexity index is 130. The van der Waals surface area contributed by atoms with Gasteiger partial charge in [-0.1, -0.05) is 6.42 Å². The summed E-state index contributed by atoms with van der Waals surface area (Å²) in [7, 11) is 0. The summed E-state index contributed by atoms with van der Waals surface area (Å²) >= 11 is 0. The van der Waals surface area contributed by atoms with Crippen molar-refractivity contribution in [3.05, 3.63) is 0 Å². The highest BCUT2D eigenvalue weighted by atomic mass is 16.6. The van der Waals surface area contributed by atoms with Crippen molar-refractivity contribution < 1.29 is 14.9 Å². The van der Waals surface area contributed by atoms with E-state index >= 15 is 0 Å². The molecule has 1 aliphatic rings. The molecule has 13 heavy (non-hydrogen) atoms. The lowest BCUT2D eigenvalue weighted by Gasteiger charge is -2.31. The van der Waals surface area contributed by atoms with Gasteiger partial charge in [-0.3, -0.25) is 0 Å². The average molecular weight is 188 g/mol. The number of aliphatic hydroxyl groups excluding tert-OH is 1. The second-order valence-corrected chi connectivity index (χ2v) is 3.79. The van der Waals surface area contributed by atoms with Gasteiger partial charge in [0.05, 0.1) is 6.61 Å². The molecule has 0 aromatic rings. The first-order chi connectivity index (χ1) is 6.27. The lowest BCUT2D eigenvalue weighted by molar-refractivity contribution is -0.220. The second-order valence-electron chi connectivity index (χ2n) is 3.79. The minimum absolute atomic E-state index is 0.210. The number of ether oxygens (including phenoxy) is 1. The number of unbranched alkanes of at least 4 members (excludes halogenated alkanes) is 1. The van der Waals surface area contributed by atoms with Crippen molar-refractivity contribution in [1.29, 1.82) is 0 Å². The first-order valence-corrected chi connectivity index (χ1v) is 5.24. The molecule has 0 spiro atoms. The summed E-state index contributed by atoms with van der Waals surface area (Å²) in [5.41, 5.74) is 0. The predicted octanol–water partition coefficient (Wildman–Crippen LogP) is 1.43. The van der Waals surface area contributed by atoms with Crippen LogP contribution in [-0.4, -0.2) is 29.2 Å². The molecule has 1 saturated carbocycles. The lowest BCUT2D eigenvalue weighted by Crippen LogP contribution is -2.34. The standard InChI is InChI=1S/C10H20O3/c11-8-4-5-9-13-10(12)6-2-1-3-7-10/h11-12H,1-9H2. The highest BCUT2D eigenvalue weighted by Crippen LogP contribution is 2.28. The summed E-state index contributed by atoms with van der Waals surface area (Å²) in [5.74, 6) is -0.853. The van der Waals surface area contributed by atoms with E-state index in [0.717, 1.165) is 38.5 Å². The minimum atomic E-state index is -0.853. The first kappa shape index (κ1) is 11.0. The molecular weight excluding hydrogens is 168 g/mol. The van der Waals surface area contributed by atoms with Gasteiger partial charge < -0.3 is 14.9 Å². The Morgan fingerprint density at radius 1 is 1.08 bits per heavy atom. The van der Waals surface area contributed by atoms with Crippen LogP contribution in [0.4, 0.5) is 0 Å². The van der Waals surface area contributed by atoms with E-state index < -0.39 is 5.79 Å². The summed E-state index contributed by atoms with van der Waals surface area (Å²) in [6.07, 6.45) is 6.47. The predicted molar refractivity (Wildman–Crippen MR) is 50.3 cm³/mol. The van der Waals surface area contributed by atoms with Crippen LogP contribution in [0.1, 0.15) is 44.9 Å². The molecule has 1 fully saturated rings. The summed E-state index contributed by atoms with van der Waals surface area (Å²) in [6.45, 7) is 0.777. The van der Waals surface area contributed by atoms with E-state index in [1.54, 1.807) is 0 Å². The fourth-order valence-electron chi connectivity index (χ4n) is 1.72. The molecular formula is C10H20O3. The van der Waals surface area contributed by atoms with Crippen LogP contribution in [0.2, 0.25) is 0 Å². The molecule has 78 valence electrons. The first-order valence-electron chi connectivity index (χ1n) is 5.24. The van der Waals surface area contributed by atoms with E-state index in [2.05, 4.69) is 0 Å². The Labute approximate surface area is 79.7 Å². The van der Waals surface area contributed by atoms with E-state index in [0.29, 0.717) is 6.61 Å². The van der Waals surface area contributed by atoms with Crippen LogP contribution < -0.4 is 0 Å². The molecule has 0 radical (unpaired) electrons. The second kappa shape index (κ2) is 5.58. The van der Waals surface area contributed by atoms with E-state index in [-0.39, 0.29) is 6.61 Å². The number of hydrogen-bond acceptors (Lipinski definition) is 3. The monoisotopic (exact) mass is 188 g/mol.